The lowest BCUT2D eigenvalue weighted by Gasteiger charge is -2.27. The number of hydrogen-bond acceptors (Lipinski definition) is 7. The molecule has 0 saturated carbocycles. The van der Waals surface area contributed by atoms with Gasteiger partial charge in [-0.05, 0) is 31.0 Å². The minimum Gasteiger partial charge on any atom is -0.455 e. The summed E-state index contributed by atoms with van der Waals surface area (Å²) in [5.74, 6) is -1.99. The first-order chi connectivity index (χ1) is 14.9. The van der Waals surface area contributed by atoms with Gasteiger partial charge in [0.2, 0.25) is 5.91 Å². The summed E-state index contributed by atoms with van der Waals surface area (Å²) in [5.41, 5.74) is 5.67. The second-order valence-corrected chi connectivity index (χ2v) is 10.1. The molecule has 32 heavy (non-hydrogen) atoms. The standard InChI is InChI=1S/C19H26Cl2FN3O6S/c1-11(23)18(27)24-9-3-4-15(26)31-16(14(10-22)25-19(28)17(20)21)12-5-7-13(8-6-12)32(2,29)30/h5-8,11,14,16-17H,3-4,9-10,23H2,1-2H3,(H,24,27)(H,25,28)/t11-,14?,16+/m0/s1. The quantitative estimate of drug-likeness (QED) is 0.216. The van der Waals surface area contributed by atoms with Crippen molar-refractivity contribution >= 4 is 50.8 Å². The largest absolute Gasteiger partial charge is 0.455 e. The number of halogens is 3. The molecule has 0 saturated heterocycles. The van der Waals surface area contributed by atoms with Gasteiger partial charge < -0.3 is 21.1 Å². The highest BCUT2D eigenvalue weighted by atomic mass is 35.5. The van der Waals surface area contributed by atoms with Crippen molar-refractivity contribution in [2.24, 2.45) is 5.73 Å². The molecule has 4 N–H and O–H groups in total. The SMILES string of the molecule is C[C@H](N)C(=O)NCCCC(=O)O[C@H](c1ccc(S(C)(=O)=O)cc1)C(CF)NC(=O)C(Cl)Cl. The number of hydrogen-bond donors (Lipinski definition) is 3. The molecule has 13 heteroatoms. The van der Waals surface area contributed by atoms with E-state index >= 15 is 0 Å². The zero-order valence-corrected chi connectivity index (χ0v) is 19.8. The minimum atomic E-state index is -3.48. The number of sulfone groups is 1. The van der Waals surface area contributed by atoms with E-state index in [1.54, 1.807) is 0 Å². The normalized spacial score (nSPS) is 14.3. The van der Waals surface area contributed by atoms with E-state index in [0.29, 0.717) is 0 Å². The van der Waals surface area contributed by atoms with Gasteiger partial charge in [0.05, 0.1) is 17.0 Å². The van der Waals surface area contributed by atoms with Gasteiger partial charge in [-0.3, -0.25) is 14.4 Å². The van der Waals surface area contributed by atoms with E-state index in [4.69, 9.17) is 33.7 Å². The van der Waals surface area contributed by atoms with Crippen LogP contribution in [-0.2, 0) is 29.0 Å². The Morgan fingerprint density at radius 2 is 1.75 bits per heavy atom. The Kier molecular flexibility index (Phi) is 11.3. The molecule has 0 aliphatic heterocycles. The van der Waals surface area contributed by atoms with Gasteiger partial charge in [-0.2, -0.15) is 0 Å². The third-order valence-electron chi connectivity index (χ3n) is 4.22. The van der Waals surface area contributed by atoms with Crippen LogP contribution >= 0.6 is 23.2 Å². The molecular weight excluding hydrogens is 488 g/mol. The van der Waals surface area contributed by atoms with E-state index in [0.717, 1.165) is 6.26 Å². The summed E-state index contributed by atoms with van der Waals surface area (Å²) < 4.78 is 42.5. The van der Waals surface area contributed by atoms with E-state index in [2.05, 4.69) is 10.6 Å². The van der Waals surface area contributed by atoms with Crippen LogP contribution in [0, 0.1) is 0 Å². The van der Waals surface area contributed by atoms with Gasteiger partial charge in [-0.1, -0.05) is 35.3 Å². The van der Waals surface area contributed by atoms with Gasteiger partial charge >= 0.3 is 5.97 Å². The van der Waals surface area contributed by atoms with Crippen molar-refractivity contribution in [3.8, 4) is 0 Å². The number of alkyl halides is 3. The molecular formula is C19H26Cl2FN3O6S. The fourth-order valence-corrected chi connectivity index (χ4v) is 3.29. The summed E-state index contributed by atoms with van der Waals surface area (Å²) in [6, 6.07) is 3.24. The number of carbonyl (C=O) groups excluding carboxylic acids is 3. The highest BCUT2D eigenvalue weighted by Gasteiger charge is 2.30. The van der Waals surface area contributed by atoms with E-state index in [-0.39, 0.29) is 35.8 Å². The van der Waals surface area contributed by atoms with Crippen molar-refractivity contribution < 1.29 is 31.9 Å². The van der Waals surface area contributed by atoms with Crippen LogP contribution in [0.3, 0.4) is 0 Å². The topological polar surface area (TPSA) is 145 Å². The molecule has 0 fully saturated rings. The molecule has 3 atom stereocenters. The van der Waals surface area contributed by atoms with Crippen molar-refractivity contribution in [1.82, 2.24) is 10.6 Å². The lowest BCUT2D eigenvalue weighted by Crippen LogP contribution is -2.44. The first-order valence-electron chi connectivity index (χ1n) is 9.54. The van der Waals surface area contributed by atoms with Crippen molar-refractivity contribution in [2.45, 2.75) is 47.7 Å². The maximum absolute atomic E-state index is 13.8. The van der Waals surface area contributed by atoms with Crippen LogP contribution in [0.1, 0.15) is 31.4 Å². The van der Waals surface area contributed by atoms with Gasteiger partial charge in [0.15, 0.2) is 14.7 Å². The molecule has 1 aromatic rings. The van der Waals surface area contributed by atoms with Gasteiger partial charge in [0, 0.05) is 19.2 Å². The van der Waals surface area contributed by atoms with Crippen LogP contribution in [0.2, 0.25) is 0 Å². The van der Waals surface area contributed by atoms with Crippen LogP contribution < -0.4 is 16.4 Å². The monoisotopic (exact) mass is 513 g/mol. The summed E-state index contributed by atoms with van der Waals surface area (Å²) in [7, 11) is -3.48. The Morgan fingerprint density at radius 3 is 2.22 bits per heavy atom. The summed E-state index contributed by atoms with van der Waals surface area (Å²) in [5, 5.41) is 4.81. The van der Waals surface area contributed by atoms with Crippen LogP contribution in [0.5, 0.6) is 0 Å². The fraction of sp³-hybridized carbons (Fsp3) is 0.526. The molecule has 1 rings (SSSR count). The van der Waals surface area contributed by atoms with E-state index in [9.17, 15) is 27.2 Å². The highest BCUT2D eigenvalue weighted by Crippen LogP contribution is 2.25. The van der Waals surface area contributed by atoms with Crippen LogP contribution in [0.25, 0.3) is 0 Å². The molecule has 0 heterocycles. The van der Waals surface area contributed by atoms with Gasteiger partial charge in [0.25, 0.3) is 5.91 Å². The molecule has 180 valence electrons. The Morgan fingerprint density at radius 1 is 1.16 bits per heavy atom. The second kappa shape index (κ2) is 12.9. The molecule has 0 aliphatic carbocycles. The van der Waals surface area contributed by atoms with Crippen LogP contribution in [0.15, 0.2) is 29.2 Å². The average molecular weight is 514 g/mol. The third kappa shape index (κ3) is 9.27. The predicted molar refractivity (Wildman–Crippen MR) is 118 cm³/mol. The smallest absolute Gasteiger partial charge is 0.306 e. The van der Waals surface area contributed by atoms with Crippen molar-refractivity contribution in [1.29, 1.82) is 0 Å². The first-order valence-corrected chi connectivity index (χ1v) is 12.3. The lowest BCUT2D eigenvalue weighted by atomic mass is 10.0. The summed E-state index contributed by atoms with van der Waals surface area (Å²) in [6.45, 7) is 0.565. The zero-order chi connectivity index (χ0) is 24.5. The minimum absolute atomic E-state index is 0.0126. The first kappa shape index (κ1) is 28.1. The molecule has 0 aromatic heterocycles. The van der Waals surface area contributed by atoms with Crippen LogP contribution in [0.4, 0.5) is 4.39 Å². The zero-order valence-electron chi connectivity index (χ0n) is 17.5. The van der Waals surface area contributed by atoms with E-state index in [1.165, 1.54) is 31.2 Å². The second-order valence-electron chi connectivity index (χ2n) is 7.00. The van der Waals surface area contributed by atoms with Gasteiger partial charge in [-0.25, -0.2) is 12.8 Å². The molecule has 1 aromatic carbocycles. The van der Waals surface area contributed by atoms with Crippen molar-refractivity contribution in [3.63, 3.8) is 0 Å². The molecule has 0 bridgehead atoms. The fourth-order valence-electron chi connectivity index (χ4n) is 2.53. The lowest BCUT2D eigenvalue weighted by molar-refractivity contribution is -0.152. The Hall–Kier alpha value is -1.95. The number of esters is 1. The Balaban J connectivity index is 2.98. The number of benzene rings is 1. The Labute approximate surface area is 196 Å². The summed E-state index contributed by atoms with van der Waals surface area (Å²) in [6.07, 6.45) is -0.141. The molecule has 2 amide bonds. The Bertz CT molecular complexity index is 897. The molecule has 0 spiro atoms. The van der Waals surface area contributed by atoms with E-state index < -0.39 is 51.4 Å². The third-order valence-corrected chi connectivity index (χ3v) is 5.75. The number of ether oxygens (including phenoxy) is 1. The molecule has 1 unspecified atom stereocenters. The number of nitrogens with two attached hydrogens (primary N) is 1. The maximum atomic E-state index is 13.8. The number of amides is 2. The number of carbonyl (C=O) groups is 3. The van der Waals surface area contributed by atoms with Crippen molar-refractivity contribution in [3.05, 3.63) is 29.8 Å². The van der Waals surface area contributed by atoms with Gasteiger partial charge in [0.1, 0.15) is 12.8 Å². The average Bonchev–Trinajstić information content (AvgIpc) is 2.72. The predicted octanol–water partition coefficient (Wildman–Crippen LogP) is 1.18. The summed E-state index contributed by atoms with van der Waals surface area (Å²) >= 11 is 11.0. The summed E-state index contributed by atoms with van der Waals surface area (Å²) in [4.78, 5) is 34.1. The molecule has 0 radical (unpaired) electrons. The molecule has 9 nitrogen and oxygen atoms in total. The highest BCUT2D eigenvalue weighted by molar-refractivity contribution is 7.90. The van der Waals surface area contributed by atoms with Gasteiger partial charge in [-0.15, -0.1) is 0 Å². The maximum Gasteiger partial charge on any atom is 0.306 e. The van der Waals surface area contributed by atoms with Crippen molar-refractivity contribution in [2.75, 3.05) is 19.5 Å². The van der Waals surface area contributed by atoms with E-state index in [1.807, 2.05) is 0 Å². The number of rotatable bonds is 12. The van der Waals surface area contributed by atoms with Crippen LogP contribution in [-0.4, -0.2) is 62.6 Å². The molecule has 0 aliphatic rings. The number of nitrogens with one attached hydrogen (secondary N) is 2.